The number of carbonyl (C=O) groups is 1. The number of nitrogens with zero attached hydrogens (tertiary/aromatic N) is 6. The van der Waals surface area contributed by atoms with Crippen LogP contribution in [0.25, 0.3) is 10.9 Å². The van der Waals surface area contributed by atoms with E-state index in [-0.39, 0.29) is 34.0 Å². The lowest BCUT2D eigenvalue weighted by Gasteiger charge is -2.34. The van der Waals surface area contributed by atoms with Gasteiger partial charge in [0.25, 0.3) is 11.5 Å². The molecule has 1 amide bonds. The lowest BCUT2D eigenvalue weighted by atomic mass is 10.0. The van der Waals surface area contributed by atoms with E-state index in [1.165, 1.54) is 18.3 Å². The number of amides is 1. The van der Waals surface area contributed by atoms with Crippen molar-refractivity contribution in [2.45, 2.75) is 45.7 Å². The molecule has 0 radical (unpaired) electrons. The summed E-state index contributed by atoms with van der Waals surface area (Å²) < 4.78 is 42.5. The van der Waals surface area contributed by atoms with E-state index in [1.54, 1.807) is 29.3 Å². The highest BCUT2D eigenvalue weighted by Crippen LogP contribution is 2.31. The average Bonchev–Trinajstić information content (AvgIpc) is 3.28. The second kappa shape index (κ2) is 11.6. The number of halogens is 2. The minimum absolute atomic E-state index is 0.0179. The Hall–Kier alpha value is -4.04. The maximum atomic E-state index is 13.9. The molecule has 4 aromatic rings. The second-order valence-electron chi connectivity index (χ2n) is 10.9. The summed E-state index contributed by atoms with van der Waals surface area (Å²) in [5.74, 6) is -0.748. The first-order valence-corrected chi connectivity index (χ1v) is 15.9. The molecule has 1 fully saturated rings. The van der Waals surface area contributed by atoms with Crippen molar-refractivity contribution in [2.75, 3.05) is 29.6 Å². The molecule has 0 spiro atoms. The number of benzene rings is 1. The molecule has 0 aliphatic carbocycles. The summed E-state index contributed by atoms with van der Waals surface area (Å²) in [6.07, 6.45) is 3.51. The Labute approximate surface area is 252 Å². The van der Waals surface area contributed by atoms with E-state index in [9.17, 15) is 22.4 Å². The number of anilines is 2. The van der Waals surface area contributed by atoms with Crippen LogP contribution in [0.5, 0.6) is 0 Å². The summed E-state index contributed by atoms with van der Waals surface area (Å²) >= 11 is 6.02. The lowest BCUT2D eigenvalue weighted by molar-refractivity contribution is 0.0977. The van der Waals surface area contributed by atoms with Gasteiger partial charge < -0.3 is 10.2 Å². The summed E-state index contributed by atoms with van der Waals surface area (Å²) in [5.41, 5.74) is 2.41. The zero-order valence-corrected chi connectivity index (χ0v) is 25.9. The van der Waals surface area contributed by atoms with Crippen LogP contribution in [0.4, 0.5) is 16.0 Å². The fraction of sp³-hybridized carbons (Fsp3) is 0.393. The molecule has 1 atom stereocenters. The highest BCUT2D eigenvalue weighted by atomic mass is 35.5. The SMILES string of the molecule is Cc1cc([C@@H](C)Nc2ccc(Cl)nc2C(=O)NS(C)(=O)=O)c2nc(N3CCC(n4ncc(F)c4C)CC3)n(C)c(=O)c2c1. The Morgan fingerprint density at radius 1 is 1.16 bits per heavy atom. The van der Waals surface area contributed by atoms with Gasteiger partial charge in [0.05, 0.1) is 46.8 Å². The first kappa shape index (κ1) is 30.4. The number of pyridine rings is 1. The molecule has 4 heterocycles. The van der Waals surface area contributed by atoms with Crippen molar-refractivity contribution >= 4 is 50.1 Å². The van der Waals surface area contributed by atoms with Gasteiger partial charge in [-0.1, -0.05) is 17.7 Å². The number of aromatic nitrogens is 5. The maximum Gasteiger partial charge on any atom is 0.285 e. The number of sulfonamides is 1. The van der Waals surface area contributed by atoms with Gasteiger partial charge in [0, 0.05) is 25.7 Å². The predicted octanol–water partition coefficient (Wildman–Crippen LogP) is 3.64. The van der Waals surface area contributed by atoms with Crippen LogP contribution >= 0.6 is 11.6 Å². The number of rotatable bonds is 7. The quantitative estimate of drug-likeness (QED) is 0.292. The van der Waals surface area contributed by atoms with Crippen LogP contribution in [0.1, 0.15) is 59.2 Å². The lowest BCUT2D eigenvalue weighted by Crippen LogP contribution is -2.39. The molecule has 2 N–H and O–H groups in total. The number of aryl methyl sites for hydroxylation is 1. The van der Waals surface area contributed by atoms with Gasteiger partial charge in [0.2, 0.25) is 16.0 Å². The van der Waals surface area contributed by atoms with Crippen LogP contribution in [0.3, 0.4) is 0 Å². The number of carbonyl (C=O) groups excluding carboxylic acids is 1. The van der Waals surface area contributed by atoms with Crippen molar-refractivity contribution in [1.29, 1.82) is 0 Å². The van der Waals surface area contributed by atoms with Gasteiger partial charge >= 0.3 is 0 Å². The van der Waals surface area contributed by atoms with Crippen LogP contribution in [-0.4, -0.2) is 58.0 Å². The summed E-state index contributed by atoms with van der Waals surface area (Å²) in [5, 5.41) is 7.88. The molecule has 1 saturated heterocycles. The Morgan fingerprint density at radius 2 is 1.86 bits per heavy atom. The van der Waals surface area contributed by atoms with Gasteiger partial charge in [0.1, 0.15) is 5.15 Å². The van der Waals surface area contributed by atoms with Gasteiger partial charge in [-0.2, -0.15) is 5.10 Å². The monoisotopic (exact) mass is 630 g/mol. The summed E-state index contributed by atoms with van der Waals surface area (Å²) in [7, 11) is -2.15. The molecule has 228 valence electrons. The first-order chi connectivity index (χ1) is 20.2. The van der Waals surface area contributed by atoms with Crippen molar-refractivity contribution < 1.29 is 17.6 Å². The molecule has 0 unspecified atom stereocenters. The van der Waals surface area contributed by atoms with E-state index in [0.29, 0.717) is 54.0 Å². The van der Waals surface area contributed by atoms with E-state index < -0.39 is 22.0 Å². The topological polar surface area (TPSA) is 144 Å². The van der Waals surface area contributed by atoms with Crippen molar-refractivity contribution in [2.24, 2.45) is 7.05 Å². The fourth-order valence-corrected chi connectivity index (χ4v) is 6.07. The van der Waals surface area contributed by atoms with Crippen LogP contribution in [-0.2, 0) is 17.1 Å². The highest BCUT2D eigenvalue weighted by Gasteiger charge is 2.27. The van der Waals surface area contributed by atoms with Crippen LogP contribution < -0.4 is 20.5 Å². The van der Waals surface area contributed by atoms with Crippen molar-refractivity contribution in [3.63, 3.8) is 0 Å². The zero-order chi connectivity index (χ0) is 31.2. The number of fused-ring (bicyclic) bond motifs is 1. The first-order valence-electron chi connectivity index (χ1n) is 13.6. The Morgan fingerprint density at radius 3 is 2.49 bits per heavy atom. The minimum Gasteiger partial charge on any atom is -0.377 e. The second-order valence-corrected chi connectivity index (χ2v) is 13.0. The van der Waals surface area contributed by atoms with Gasteiger partial charge in [-0.25, -0.2) is 27.5 Å². The molecule has 1 aliphatic rings. The molecular formula is C28H32ClFN8O4S. The zero-order valence-electron chi connectivity index (χ0n) is 24.4. The molecule has 0 saturated carbocycles. The molecule has 3 aromatic heterocycles. The molecule has 1 aromatic carbocycles. The largest absolute Gasteiger partial charge is 0.377 e. The molecule has 12 nitrogen and oxygen atoms in total. The summed E-state index contributed by atoms with van der Waals surface area (Å²) in [6.45, 7) is 6.63. The van der Waals surface area contributed by atoms with Gasteiger partial charge in [-0.05, 0) is 57.4 Å². The Balaban J connectivity index is 1.49. The van der Waals surface area contributed by atoms with Crippen molar-refractivity contribution in [3.05, 3.63) is 74.3 Å². The summed E-state index contributed by atoms with van der Waals surface area (Å²) in [6, 6.07) is 6.29. The predicted molar refractivity (Wildman–Crippen MR) is 163 cm³/mol. The normalized spacial score (nSPS) is 15.1. The number of hydrogen-bond donors (Lipinski definition) is 2. The van der Waals surface area contributed by atoms with E-state index >= 15 is 0 Å². The van der Waals surface area contributed by atoms with Crippen molar-refractivity contribution in [1.82, 2.24) is 29.0 Å². The fourth-order valence-electron chi connectivity index (χ4n) is 5.49. The number of hydrogen-bond acceptors (Lipinski definition) is 9. The molecular weight excluding hydrogens is 599 g/mol. The molecule has 1 aliphatic heterocycles. The summed E-state index contributed by atoms with van der Waals surface area (Å²) in [4.78, 5) is 37.4. The number of nitrogens with one attached hydrogen (secondary N) is 2. The van der Waals surface area contributed by atoms with Crippen LogP contribution in [0, 0.1) is 19.7 Å². The highest BCUT2D eigenvalue weighted by molar-refractivity contribution is 7.89. The third-order valence-corrected chi connectivity index (χ3v) is 8.37. The van der Waals surface area contributed by atoms with Gasteiger partial charge in [-0.15, -0.1) is 0 Å². The molecule has 5 rings (SSSR count). The smallest absolute Gasteiger partial charge is 0.285 e. The van der Waals surface area contributed by atoms with E-state index in [1.807, 2.05) is 29.5 Å². The van der Waals surface area contributed by atoms with Crippen LogP contribution in [0.15, 0.2) is 35.3 Å². The Kier molecular flexibility index (Phi) is 8.18. The average molecular weight is 631 g/mol. The molecule has 0 bridgehead atoms. The standard InChI is InChI=1S/C28H32ClFN8O4S/c1-15-12-19(16(2)32-22-6-7-23(29)33-25(22)26(39)35-43(5,41)42)24-20(13-15)27(40)36(4)28(34-24)37-10-8-18(9-11-37)38-17(3)21(30)14-31-38/h6-7,12-14,16,18,32H,8-11H2,1-5H3,(H,35,39)/t16-/m1/s1. The maximum absolute atomic E-state index is 13.9. The minimum atomic E-state index is -3.84. The molecule has 15 heteroatoms. The van der Waals surface area contributed by atoms with Crippen LogP contribution in [0.2, 0.25) is 5.15 Å². The third-order valence-electron chi connectivity index (χ3n) is 7.60. The van der Waals surface area contributed by atoms with E-state index in [4.69, 9.17) is 16.6 Å². The van der Waals surface area contributed by atoms with Gasteiger partial charge in [-0.3, -0.25) is 18.8 Å². The van der Waals surface area contributed by atoms with E-state index in [2.05, 4.69) is 15.4 Å². The molecule has 43 heavy (non-hydrogen) atoms. The number of piperidine rings is 1. The Bertz CT molecular complexity index is 1900. The third kappa shape index (κ3) is 6.20. The van der Waals surface area contributed by atoms with Crippen molar-refractivity contribution in [3.8, 4) is 0 Å². The van der Waals surface area contributed by atoms with E-state index in [0.717, 1.165) is 11.8 Å². The van der Waals surface area contributed by atoms with Gasteiger partial charge in [0.15, 0.2) is 11.5 Å².